The number of thiophene rings is 1. The van der Waals surface area contributed by atoms with E-state index >= 15 is 0 Å². The highest BCUT2D eigenvalue weighted by Gasteiger charge is 2.21. The molecular formula is C18H13ClFNO4S2. The van der Waals surface area contributed by atoms with E-state index in [1.807, 2.05) is 0 Å². The highest BCUT2D eigenvalue weighted by atomic mass is 35.5. The van der Waals surface area contributed by atoms with E-state index in [-0.39, 0.29) is 10.6 Å². The van der Waals surface area contributed by atoms with E-state index in [9.17, 15) is 17.6 Å². The zero-order valence-corrected chi connectivity index (χ0v) is 16.3. The van der Waals surface area contributed by atoms with Crippen LogP contribution >= 0.6 is 22.9 Å². The summed E-state index contributed by atoms with van der Waals surface area (Å²) in [6.07, 6.45) is 0. The lowest BCUT2D eigenvalue weighted by atomic mass is 10.3. The van der Waals surface area contributed by atoms with Crippen LogP contribution in [0, 0.1) is 5.82 Å². The molecule has 0 atom stereocenters. The van der Waals surface area contributed by atoms with Crippen molar-refractivity contribution in [3.8, 4) is 5.75 Å². The Balaban J connectivity index is 1.76. The highest BCUT2D eigenvalue weighted by molar-refractivity contribution is 7.92. The number of nitrogens with zero attached hydrogens (tertiary/aromatic N) is 1. The van der Waals surface area contributed by atoms with Crippen LogP contribution in [-0.4, -0.2) is 21.4 Å². The Kier molecular flexibility index (Phi) is 5.50. The molecule has 1 heterocycles. The third kappa shape index (κ3) is 4.29. The van der Waals surface area contributed by atoms with Crippen LogP contribution in [0.5, 0.6) is 5.75 Å². The van der Waals surface area contributed by atoms with E-state index in [1.165, 1.54) is 43.4 Å². The maximum Gasteiger partial charge on any atom is 0.353 e. The maximum absolute atomic E-state index is 13.0. The second-order valence-electron chi connectivity index (χ2n) is 5.41. The standard InChI is InChI=1S/C18H13ClFNO4S2/c1-21(27(23,24)15-8-2-12(20)3-9-15)13-4-6-14(7-5-13)25-18(22)16-10-11-17(19)26-16/h2-11H,1H3. The summed E-state index contributed by atoms with van der Waals surface area (Å²) in [7, 11) is -2.46. The Morgan fingerprint density at radius 3 is 2.22 bits per heavy atom. The average Bonchev–Trinajstić information content (AvgIpc) is 3.09. The fourth-order valence-corrected chi connectivity index (χ4v) is 4.32. The molecule has 0 saturated carbocycles. The smallest absolute Gasteiger partial charge is 0.353 e. The molecule has 5 nitrogen and oxygen atoms in total. The molecule has 0 aliphatic rings. The summed E-state index contributed by atoms with van der Waals surface area (Å²) >= 11 is 6.89. The summed E-state index contributed by atoms with van der Waals surface area (Å²) in [6.45, 7) is 0. The van der Waals surface area contributed by atoms with Crippen molar-refractivity contribution in [2.24, 2.45) is 0 Å². The Bertz CT molecular complexity index is 1060. The molecule has 0 amide bonds. The van der Waals surface area contributed by atoms with Crippen molar-refractivity contribution < 1.29 is 22.3 Å². The Morgan fingerprint density at radius 1 is 1.04 bits per heavy atom. The first-order valence-corrected chi connectivity index (χ1v) is 10.2. The number of esters is 1. The summed E-state index contributed by atoms with van der Waals surface area (Å²) < 4.78 is 45.0. The molecule has 3 rings (SSSR count). The molecule has 3 aromatic rings. The summed E-state index contributed by atoms with van der Waals surface area (Å²) in [4.78, 5) is 12.3. The van der Waals surface area contributed by atoms with Gasteiger partial charge in [0.1, 0.15) is 16.4 Å². The molecular weight excluding hydrogens is 413 g/mol. The first-order valence-electron chi connectivity index (χ1n) is 7.59. The van der Waals surface area contributed by atoms with Crippen LogP contribution in [0.4, 0.5) is 10.1 Å². The van der Waals surface area contributed by atoms with Gasteiger partial charge in [-0.15, -0.1) is 11.3 Å². The van der Waals surface area contributed by atoms with Crippen molar-refractivity contribution in [2.45, 2.75) is 4.90 Å². The molecule has 1 aromatic heterocycles. The molecule has 0 radical (unpaired) electrons. The molecule has 2 aromatic carbocycles. The second kappa shape index (κ2) is 7.67. The number of hydrogen-bond donors (Lipinski definition) is 0. The monoisotopic (exact) mass is 425 g/mol. The number of halogens is 2. The quantitative estimate of drug-likeness (QED) is 0.443. The van der Waals surface area contributed by atoms with Crippen LogP contribution in [-0.2, 0) is 10.0 Å². The van der Waals surface area contributed by atoms with E-state index in [1.54, 1.807) is 12.1 Å². The highest BCUT2D eigenvalue weighted by Crippen LogP contribution is 2.26. The number of hydrogen-bond acceptors (Lipinski definition) is 5. The van der Waals surface area contributed by atoms with Crippen LogP contribution in [0.2, 0.25) is 4.34 Å². The molecule has 0 fully saturated rings. The average molecular weight is 426 g/mol. The number of rotatable bonds is 5. The predicted octanol–water partition coefficient (Wildman–Crippen LogP) is 4.58. The number of anilines is 1. The molecule has 0 N–H and O–H groups in total. The Labute approximate surface area is 164 Å². The topological polar surface area (TPSA) is 63.7 Å². The van der Waals surface area contributed by atoms with Crippen molar-refractivity contribution in [1.82, 2.24) is 0 Å². The summed E-state index contributed by atoms with van der Waals surface area (Å²) in [5, 5.41) is 0. The van der Waals surface area contributed by atoms with Gasteiger partial charge >= 0.3 is 5.97 Å². The SMILES string of the molecule is CN(c1ccc(OC(=O)c2ccc(Cl)s2)cc1)S(=O)(=O)c1ccc(F)cc1. The number of carbonyl (C=O) groups excluding carboxylic acids is 1. The van der Waals surface area contributed by atoms with Crippen molar-refractivity contribution >= 4 is 44.6 Å². The molecule has 140 valence electrons. The first-order chi connectivity index (χ1) is 12.8. The van der Waals surface area contributed by atoms with Gasteiger partial charge in [0.2, 0.25) is 0 Å². The number of sulfonamides is 1. The molecule has 9 heteroatoms. The van der Waals surface area contributed by atoms with Crippen molar-refractivity contribution in [1.29, 1.82) is 0 Å². The third-order valence-electron chi connectivity index (χ3n) is 3.66. The van der Waals surface area contributed by atoms with E-state index in [0.29, 0.717) is 14.9 Å². The summed E-state index contributed by atoms with van der Waals surface area (Å²) in [5.74, 6) is -0.803. The normalized spacial score (nSPS) is 11.2. The third-order valence-corrected chi connectivity index (χ3v) is 6.67. The summed E-state index contributed by atoms with van der Waals surface area (Å²) in [5.41, 5.74) is 0.360. The van der Waals surface area contributed by atoms with Crippen LogP contribution in [0.3, 0.4) is 0 Å². The van der Waals surface area contributed by atoms with Gasteiger partial charge in [0, 0.05) is 7.05 Å². The van der Waals surface area contributed by atoms with Gasteiger partial charge in [-0.25, -0.2) is 17.6 Å². The molecule has 0 saturated heterocycles. The van der Waals surface area contributed by atoms with Crippen LogP contribution in [0.1, 0.15) is 9.67 Å². The van der Waals surface area contributed by atoms with E-state index < -0.39 is 21.8 Å². The van der Waals surface area contributed by atoms with Gasteiger partial charge in [-0.05, 0) is 60.7 Å². The lowest BCUT2D eigenvalue weighted by molar-refractivity contribution is 0.0740. The van der Waals surface area contributed by atoms with Gasteiger partial charge in [0.15, 0.2) is 0 Å². The van der Waals surface area contributed by atoms with Gasteiger partial charge < -0.3 is 4.74 Å². The van der Waals surface area contributed by atoms with Crippen molar-refractivity contribution in [2.75, 3.05) is 11.4 Å². The Morgan fingerprint density at radius 2 is 1.67 bits per heavy atom. The number of benzene rings is 2. The molecule has 0 unspecified atom stereocenters. The molecule has 0 aliphatic carbocycles. The fraction of sp³-hybridized carbons (Fsp3) is 0.0556. The van der Waals surface area contributed by atoms with Gasteiger partial charge in [-0.1, -0.05) is 11.6 Å². The van der Waals surface area contributed by atoms with E-state index in [4.69, 9.17) is 16.3 Å². The van der Waals surface area contributed by atoms with E-state index in [0.717, 1.165) is 27.8 Å². The molecule has 27 heavy (non-hydrogen) atoms. The van der Waals surface area contributed by atoms with Crippen LogP contribution < -0.4 is 9.04 Å². The minimum Gasteiger partial charge on any atom is -0.422 e. The molecule has 0 bridgehead atoms. The minimum absolute atomic E-state index is 0.0310. The van der Waals surface area contributed by atoms with E-state index in [2.05, 4.69) is 0 Å². The van der Waals surface area contributed by atoms with Gasteiger partial charge in [-0.2, -0.15) is 0 Å². The largest absolute Gasteiger partial charge is 0.422 e. The van der Waals surface area contributed by atoms with Gasteiger partial charge in [0.05, 0.1) is 14.9 Å². The zero-order valence-electron chi connectivity index (χ0n) is 13.9. The van der Waals surface area contributed by atoms with Crippen molar-refractivity contribution in [3.63, 3.8) is 0 Å². The molecule has 0 spiro atoms. The van der Waals surface area contributed by atoms with Gasteiger partial charge in [-0.3, -0.25) is 4.31 Å². The fourth-order valence-electron chi connectivity index (χ4n) is 2.21. The van der Waals surface area contributed by atoms with Crippen molar-refractivity contribution in [3.05, 3.63) is 75.7 Å². The van der Waals surface area contributed by atoms with Gasteiger partial charge in [0.25, 0.3) is 10.0 Å². The lowest BCUT2D eigenvalue weighted by Crippen LogP contribution is -2.26. The minimum atomic E-state index is -3.84. The van der Waals surface area contributed by atoms with Crippen LogP contribution in [0.25, 0.3) is 0 Å². The maximum atomic E-state index is 13.0. The Hall–Kier alpha value is -2.42. The number of carbonyl (C=O) groups is 1. The predicted molar refractivity (Wildman–Crippen MR) is 103 cm³/mol. The molecule has 0 aliphatic heterocycles. The second-order valence-corrected chi connectivity index (χ2v) is 9.10. The first kappa shape index (κ1) is 19.3. The zero-order chi connectivity index (χ0) is 19.6. The van der Waals surface area contributed by atoms with Crippen LogP contribution in [0.15, 0.2) is 65.6 Å². The summed E-state index contributed by atoms with van der Waals surface area (Å²) in [6, 6.07) is 13.7. The lowest BCUT2D eigenvalue weighted by Gasteiger charge is -2.19. The number of ether oxygens (including phenoxy) is 1.